The zero-order chi connectivity index (χ0) is 24.1. The first-order valence-corrected chi connectivity index (χ1v) is 12.2. The van der Waals surface area contributed by atoms with Gasteiger partial charge in [-0.05, 0) is 36.8 Å². The lowest BCUT2D eigenvalue weighted by Crippen LogP contribution is -2.50. The highest BCUT2D eigenvalue weighted by atomic mass is 35.5. The summed E-state index contributed by atoms with van der Waals surface area (Å²) in [7, 11) is -0.891. The predicted molar refractivity (Wildman–Crippen MR) is 126 cm³/mol. The van der Waals surface area contributed by atoms with Crippen LogP contribution in [0.2, 0.25) is 10.0 Å². The first-order valence-electron chi connectivity index (χ1n) is 9.55. The summed E-state index contributed by atoms with van der Waals surface area (Å²) in [6.45, 7) is 1.09. The second kappa shape index (κ2) is 10.9. The summed E-state index contributed by atoms with van der Waals surface area (Å²) in [5, 5.41) is 2.67. The molecule has 1 atom stereocenters. The van der Waals surface area contributed by atoms with Gasteiger partial charge in [-0.15, -0.1) is 0 Å². The van der Waals surface area contributed by atoms with Crippen molar-refractivity contribution in [1.82, 2.24) is 10.2 Å². The van der Waals surface area contributed by atoms with Gasteiger partial charge in [0, 0.05) is 13.6 Å². The summed E-state index contributed by atoms with van der Waals surface area (Å²) in [5.41, 5.74) is 0.814. The molecular weight excluding hydrogens is 477 g/mol. The first kappa shape index (κ1) is 25.8. The van der Waals surface area contributed by atoms with E-state index in [1.54, 1.807) is 38.3 Å². The van der Waals surface area contributed by atoms with Crippen LogP contribution in [-0.2, 0) is 26.2 Å². The number of halogens is 2. The maximum Gasteiger partial charge on any atom is 0.244 e. The van der Waals surface area contributed by atoms with E-state index >= 15 is 0 Å². The van der Waals surface area contributed by atoms with E-state index in [9.17, 15) is 18.0 Å². The van der Waals surface area contributed by atoms with Crippen LogP contribution in [0.1, 0.15) is 12.5 Å². The zero-order valence-electron chi connectivity index (χ0n) is 18.1. The molecule has 0 fully saturated rings. The minimum atomic E-state index is -3.89. The van der Waals surface area contributed by atoms with Crippen LogP contribution in [-0.4, -0.2) is 58.1 Å². The molecule has 32 heavy (non-hydrogen) atoms. The number of nitrogens with zero attached hydrogens (tertiary/aromatic N) is 2. The molecule has 0 aromatic heterocycles. The van der Waals surface area contributed by atoms with E-state index in [0.717, 1.165) is 16.1 Å². The Labute approximate surface area is 198 Å². The minimum absolute atomic E-state index is 0.00782. The molecule has 0 bridgehead atoms. The smallest absolute Gasteiger partial charge is 0.244 e. The molecule has 0 radical (unpaired) electrons. The van der Waals surface area contributed by atoms with Crippen molar-refractivity contribution < 1.29 is 22.7 Å². The number of rotatable bonds is 9. The van der Waals surface area contributed by atoms with Gasteiger partial charge in [0.05, 0.1) is 29.1 Å². The van der Waals surface area contributed by atoms with Crippen LogP contribution in [0.5, 0.6) is 5.75 Å². The predicted octanol–water partition coefficient (Wildman–Crippen LogP) is 2.93. The van der Waals surface area contributed by atoms with E-state index < -0.39 is 34.4 Å². The Hall–Kier alpha value is -2.49. The van der Waals surface area contributed by atoms with Crippen LogP contribution in [0.25, 0.3) is 0 Å². The fourth-order valence-corrected chi connectivity index (χ4v) is 4.30. The molecule has 0 saturated heterocycles. The van der Waals surface area contributed by atoms with Crippen LogP contribution in [0.15, 0.2) is 42.5 Å². The van der Waals surface area contributed by atoms with Crippen molar-refractivity contribution in [1.29, 1.82) is 0 Å². The maximum atomic E-state index is 13.3. The molecule has 0 aliphatic rings. The molecule has 2 amide bonds. The monoisotopic (exact) mass is 501 g/mol. The van der Waals surface area contributed by atoms with Crippen molar-refractivity contribution in [2.45, 2.75) is 19.5 Å². The number of methoxy groups -OCH3 is 1. The molecule has 2 aromatic carbocycles. The minimum Gasteiger partial charge on any atom is -0.497 e. The van der Waals surface area contributed by atoms with Gasteiger partial charge in [0.25, 0.3) is 0 Å². The van der Waals surface area contributed by atoms with Crippen molar-refractivity contribution >= 4 is 50.7 Å². The number of benzene rings is 2. The third-order valence-corrected chi connectivity index (χ3v) is 6.74. The summed E-state index contributed by atoms with van der Waals surface area (Å²) in [6, 6.07) is 10.6. The fourth-order valence-electron chi connectivity index (χ4n) is 3.00. The first-order chi connectivity index (χ1) is 15.0. The lowest BCUT2D eigenvalue weighted by atomic mass is 10.1. The van der Waals surface area contributed by atoms with E-state index in [1.807, 2.05) is 0 Å². The van der Waals surface area contributed by atoms with Crippen LogP contribution < -0.4 is 14.4 Å². The number of anilines is 1. The van der Waals surface area contributed by atoms with Crippen molar-refractivity contribution in [3.05, 3.63) is 58.1 Å². The normalized spacial score (nSPS) is 12.1. The van der Waals surface area contributed by atoms with Crippen molar-refractivity contribution in [2.24, 2.45) is 0 Å². The third kappa shape index (κ3) is 6.27. The van der Waals surface area contributed by atoms with Crippen molar-refractivity contribution in [3.63, 3.8) is 0 Å². The number of hydrogen-bond acceptors (Lipinski definition) is 5. The van der Waals surface area contributed by atoms with Gasteiger partial charge in [-0.3, -0.25) is 13.9 Å². The number of carbonyl (C=O) groups excluding carboxylic acids is 2. The highest BCUT2D eigenvalue weighted by molar-refractivity contribution is 7.92. The van der Waals surface area contributed by atoms with Crippen LogP contribution >= 0.6 is 23.2 Å². The standard InChI is InChI=1S/C21H25Cl2N3O5S/c1-14(21(28)24-2)25(12-15-8-10-16(31-3)11-9-15)19(27)13-26(32(4,29)30)18-7-5-6-17(22)20(18)23/h5-11,14H,12-13H2,1-4H3,(H,24,28). The second-order valence-electron chi connectivity index (χ2n) is 7.00. The van der Waals surface area contributed by atoms with Gasteiger partial charge in [0.1, 0.15) is 18.3 Å². The van der Waals surface area contributed by atoms with E-state index in [1.165, 1.54) is 30.1 Å². The van der Waals surface area contributed by atoms with Gasteiger partial charge < -0.3 is 15.0 Å². The van der Waals surface area contributed by atoms with Crippen LogP contribution in [0, 0.1) is 0 Å². The molecule has 0 aliphatic carbocycles. The average molecular weight is 502 g/mol. The van der Waals surface area contributed by atoms with E-state index in [4.69, 9.17) is 27.9 Å². The topological polar surface area (TPSA) is 96.0 Å². The molecule has 1 unspecified atom stereocenters. The fraction of sp³-hybridized carbons (Fsp3) is 0.333. The van der Waals surface area contributed by atoms with Gasteiger partial charge >= 0.3 is 0 Å². The van der Waals surface area contributed by atoms with Gasteiger partial charge in [0.2, 0.25) is 21.8 Å². The molecule has 1 N–H and O–H groups in total. The number of amides is 2. The number of sulfonamides is 1. The molecule has 174 valence electrons. The summed E-state index contributed by atoms with van der Waals surface area (Å²) in [4.78, 5) is 26.9. The van der Waals surface area contributed by atoms with E-state index in [0.29, 0.717) is 5.75 Å². The molecule has 2 rings (SSSR count). The van der Waals surface area contributed by atoms with Crippen molar-refractivity contribution in [2.75, 3.05) is 31.3 Å². The Bertz CT molecular complexity index is 1080. The molecule has 0 heterocycles. The highest BCUT2D eigenvalue weighted by Gasteiger charge is 2.30. The average Bonchev–Trinajstić information content (AvgIpc) is 2.76. The number of hydrogen-bond donors (Lipinski definition) is 1. The van der Waals surface area contributed by atoms with Crippen LogP contribution in [0.3, 0.4) is 0 Å². The van der Waals surface area contributed by atoms with Gasteiger partial charge in [-0.25, -0.2) is 8.42 Å². The summed E-state index contributed by atoms with van der Waals surface area (Å²) in [6.07, 6.45) is 0.966. The number of ether oxygens (including phenoxy) is 1. The van der Waals surface area contributed by atoms with Gasteiger partial charge in [-0.1, -0.05) is 41.4 Å². The number of carbonyl (C=O) groups is 2. The lowest BCUT2D eigenvalue weighted by molar-refractivity contribution is -0.139. The summed E-state index contributed by atoms with van der Waals surface area (Å²) >= 11 is 12.2. The molecule has 0 aliphatic heterocycles. The Balaban J connectivity index is 2.41. The summed E-state index contributed by atoms with van der Waals surface area (Å²) in [5.74, 6) is -0.332. The Morgan fingerprint density at radius 3 is 2.28 bits per heavy atom. The third-order valence-electron chi connectivity index (χ3n) is 4.80. The number of likely N-dealkylation sites (N-methyl/N-ethyl adjacent to an activating group) is 1. The van der Waals surface area contributed by atoms with Gasteiger partial charge in [-0.2, -0.15) is 0 Å². The molecule has 8 nitrogen and oxygen atoms in total. The Morgan fingerprint density at radius 2 is 1.75 bits per heavy atom. The van der Waals surface area contributed by atoms with E-state index in [-0.39, 0.29) is 22.3 Å². The Morgan fingerprint density at radius 1 is 1.12 bits per heavy atom. The largest absolute Gasteiger partial charge is 0.497 e. The number of nitrogens with one attached hydrogen (secondary N) is 1. The molecule has 11 heteroatoms. The SMILES string of the molecule is CNC(=O)C(C)N(Cc1ccc(OC)cc1)C(=O)CN(c1cccc(Cl)c1Cl)S(C)(=O)=O. The Kier molecular flexibility index (Phi) is 8.77. The van der Waals surface area contributed by atoms with E-state index in [2.05, 4.69) is 5.32 Å². The molecule has 0 spiro atoms. The second-order valence-corrected chi connectivity index (χ2v) is 9.69. The lowest BCUT2D eigenvalue weighted by Gasteiger charge is -2.31. The van der Waals surface area contributed by atoms with Crippen molar-refractivity contribution in [3.8, 4) is 5.75 Å². The quantitative estimate of drug-likeness (QED) is 0.569. The molecule has 0 saturated carbocycles. The maximum absolute atomic E-state index is 13.3. The highest BCUT2D eigenvalue weighted by Crippen LogP contribution is 2.33. The zero-order valence-corrected chi connectivity index (χ0v) is 20.5. The molecular formula is C21H25Cl2N3O5S. The van der Waals surface area contributed by atoms with Gasteiger partial charge in [0.15, 0.2) is 0 Å². The van der Waals surface area contributed by atoms with Crippen LogP contribution in [0.4, 0.5) is 5.69 Å². The summed E-state index contributed by atoms with van der Waals surface area (Å²) < 4.78 is 31.0. The molecule has 2 aromatic rings.